The van der Waals surface area contributed by atoms with Crippen molar-refractivity contribution in [2.24, 2.45) is 0 Å². The Morgan fingerprint density at radius 3 is 2.67 bits per heavy atom. The van der Waals surface area contributed by atoms with Gasteiger partial charge in [0.2, 0.25) is 0 Å². The van der Waals surface area contributed by atoms with Crippen molar-refractivity contribution in [1.82, 2.24) is 15.1 Å². The van der Waals surface area contributed by atoms with Crippen molar-refractivity contribution in [3.8, 4) is 0 Å². The van der Waals surface area contributed by atoms with Gasteiger partial charge >= 0.3 is 0 Å². The van der Waals surface area contributed by atoms with Gasteiger partial charge in [-0.25, -0.2) is 0 Å². The van der Waals surface area contributed by atoms with Crippen molar-refractivity contribution in [2.45, 2.75) is 46.7 Å². The Morgan fingerprint density at radius 2 is 2.05 bits per heavy atom. The van der Waals surface area contributed by atoms with Gasteiger partial charge in [-0.05, 0) is 44.5 Å². The van der Waals surface area contributed by atoms with Gasteiger partial charge in [-0.15, -0.1) is 0 Å². The van der Waals surface area contributed by atoms with Crippen LogP contribution in [0.1, 0.15) is 48.8 Å². The first-order valence-corrected chi connectivity index (χ1v) is 8.37. The second-order valence-corrected chi connectivity index (χ2v) is 6.31. The third-order valence-electron chi connectivity index (χ3n) is 3.87. The van der Waals surface area contributed by atoms with Crippen molar-refractivity contribution in [1.29, 1.82) is 0 Å². The third-order valence-corrected chi connectivity index (χ3v) is 4.36. The lowest BCUT2D eigenvalue weighted by molar-refractivity contribution is 0.531. The molecule has 0 saturated carbocycles. The molecule has 4 heteroatoms. The Morgan fingerprint density at radius 1 is 1.29 bits per heavy atom. The number of nitrogens with zero attached hydrogens (tertiary/aromatic N) is 2. The van der Waals surface area contributed by atoms with E-state index in [9.17, 15) is 0 Å². The molecule has 2 aromatic rings. The lowest BCUT2D eigenvalue weighted by atomic mass is 10.0. The van der Waals surface area contributed by atoms with Crippen molar-refractivity contribution >= 4 is 15.9 Å². The summed E-state index contributed by atoms with van der Waals surface area (Å²) in [5.74, 6) is 0. The molecule has 0 amide bonds. The highest BCUT2D eigenvalue weighted by molar-refractivity contribution is 9.10. The Balaban J connectivity index is 2.30. The summed E-state index contributed by atoms with van der Waals surface area (Å²) in [5.41, 5.74) is 5.02. The summed E-state index contributed by atoms with van der Waals surface area (Å²) < 4.78 is 3.23. The molecule has 3 nitrogen and oxygen atoms in total. The van der Waals surface area contributed by atoms with Gasteiger partial charge in [0.15, 0.2) is 0 Å². The summed E-state index contributed by atoms with van der Waals surface area (Å²) in [6.45, 7) is 10.5. The lowest BCUT2D eigenvalue weighted by Crippen LogP contribution is -2.21. The van der Waals surface area contributed by atoms with Crippen LogP contribution in [0.3, 0.4) is 0 Å². The average molecular weight is 350 g/mol. The molecule has 0 aliphatic heterocycles. The van der Waals surface area contributed by atoms with Gasteiger partial charge in [0.05, 0.1) is 12.2 Å². The normalized spacial score (nSPS) is 12.6. The lowest BCUT2D eigenvalue weighted by Gasteiger charge is -2.16. The molecule has 1 atom stereocenters. The number of hydrogen-bond acceptors (Lipinski definition) is 2. The molecule has 1 heterocycles. The Hall–Kier alpha value is -1.13. The molecule has 21 heavy (non-hydrogen) atoms. The van der Waals surface area contributed by atoms with E-state index in [4.69, 9.17) is 5.10 Å². The van der Waals surface area contributed by atoms with Gasteiger partial charge in [-0.3, -0.25) is 4.68 Å². The predicted molar refractivity (Wildman–Crippen MR) is 91.7 cm³/mol. The zero-order valence-electron chi connectivity index (χ0n) is 13.3. The molecule has 0 aliphatic rings. The first-order chi connectivity index (χ1) is 10.1. The van der Waals surface area contributed by atoms with Crippen molar-refractivity contribution in [2.75, 3.05) is 6.54 Å². The van der Waals surface area contributed by atoms with Crippen LogP contribution in [-0.4, -0.2) is 16.3 Å². The largest absolute Gasteiger partial charge is 0.310 e. The minimum absolute atomic E-state index is 0.395. The zero-order chi connectivity index (χ0) is 15.4. The van der Waals surface area contributed by atoms with E-state index in [1.807, 2.05) is 0 Å². The van der Waals surface area contributed by atoms with Gasteiger partial charge in [-0.1, -0.05) is 41.9 Å². The highest BCUT2D eigenvalue weighted by Crippen LogP contribution is 2.25. The van der Waals surface area contributed by atoms with Crippen LogP contribution in [0, 0.1) is 13.8 Å². The van der Waals surface area contributed by atoms with E-state index in [1.54, 1.807) is 0 Å². The average Bonchev–Trinajstić information content (AvgIpc) is 2.71. The molecule has 0 radical (unpaired) electrons. The molecular formula is C17H24BrN3. The molecule has 2 rings (SSSR count). The van der Waals surface area contributed by atoms with Crippen LogP contribution >= 0.6 is 15.9 Å². The second kappa shape index (κ2) is 7.23. The molecule has 1 N–H and O–H groups in total. The first kappa shape index (κ1) is 16.2. The number of nitrogens with one attached hydrogen (secondary N) is 1. The molecular weight excluding hydrogens is 326 g/mol. The number of aromatic nitrogens is 2. The minimum atomic E-state index is 0.395. The molecule has 1 aromatic heterocycles. The Bertz CT molecular complexity index is 604. The van der Waals surface area contributed by atoms with E-state index in [0.717, 1.165) is 29.7 Å². The van der Waals surface area contributed by atoms with Crippen LogP contribution in [0.25, 0.3) is 0 Å². The highest BCUT2D eigenvalue weighted by Gasteiger charge is 2.18. The maximum Gasteiger partial charge on any atom is 0.0663 e. The highest BCUT2D eigenvalue weighted by atomic mass is 79.9. The van der Waals surface area contributed by atoms with E-state index in [1.165, 1.54) is 16.8 Å². The Labute approximate surface area is 135 Å². The molecule has 0 fully saturated rings. The van der Waals surface area contributed by atoms with Crippen LogP contribution in [0.4, 0.5) is 0 Å². The fourth-order valence-electron chi connectivity index (χ4n) is 2.87. The van der Waals surface area contributed by atoms with Gasteiger partial charge in [0, 0.05) is 21.8 Å². The maximum absolute atomic E-state index is 4.75. The Kier molecular flexibility index (Phi) is 5.59. The van der Waals surface area contributed by atoms with Crippen LogP contribution in [0.15, 0.2) is 28.7 Å². The van der Waals surface area contributed by atoms with Gasteiger partial charge in [0.25, 0.3) is 0 Å². The molecule has 114 valence electrons. The number of aryl methyl sites for hydroxylation is 1. The van der Waals surface area contributed by atoms with Gasteiger partial charge in [0.1, 0.15) is 0 Å². The quantitative estimate of drug-likeness (QED) is 0.838. The van der Waals surface area contributed by atoms with Crippen LogP contribution < -0.4 is 5.32 Å². The van der Waals surface area contributed by atoms with E-state index < -0.39 is 0 Å². The fraction of sp³-hybridized carbons (Fsp3) is 0.471. The first-order valence-electron chi connectivity index (χ1n) is 7.58. The fourth-order valence-corrected chi connectivity index (χ4v) is 3.32. The van der Waals surface area contributed by atoms with E-state index in [-0.39, 0.29) is 0 Å². The summed E-state index contributed by atoms with van der Waals surface area (Å²) in [4.78, 5) is 0. The maximum atomic E-state index is 4.75. The summed E-state index contributed by atoms with van der Waals surface area (Å²) in [6.07, 6.45) is 1.08. The molecule has 0 bridgehead atoms. The minimum Gasteiger partial charge on any atom is -0.310 e. The summed E-state index contributed by atoms with van der Waals surface area (Å²) >= 11 is 3.53. The standard InChI is InChI=1S/C17H24BrN3/c1-5-16(19-6-2)17-12(3)20-21(13(17)4)11-14-8-7-9-15(18)10-14/h7-10,16,19H,5-6,11H2,1-4H3. The van der Waals surface area contributed by atoms with Crippen LogP contribution in [0.2, 0.25) is 0 Å². The molecule has 0 saturated heterocycles. The second-order valence-electron chi connectivity index (χ2n) is 5.39. The monoisotopic (exact) mass is 349 g/mol. The molecule has 1 unspecified atom stereocenters. The number of halogens is 1. The van der Waals surface area contributed by atoms with Crippen molar-refractivity contribution in [3.05, 3.63) is 51.3 Å². The molecule has 1 aromatic carbocycles. The SMILES string of the molecule is CCNC(CC)c1c(C)nn(Cc2cccc(Br)c2)c1C. The van der Waals surface area contributed by atoms with E-state index in [2.05, 4.69) is 77.9 Å². The van der Waals surface area contributed by atoms with Gasteiger partial charge < -0.3 is 5.32 Å². The van der Waals surface area contributed by atoms with Crippen molar-refractivity contribution in [3.63, 3.8) is 0 Å². The number of benzene rings is 1. The zero-order valence-corrected chi connectivity index (χ0v) is 14.9. The van der Waals surface area contributed by atoms with E-state index >= 15 is 0 Å². The molecule has 0 aliphatic carbocycles. The topological polar surface area (TPSA) is 29.9 Å². The summed E-state index contributed by atoms with van der Waals surface area (Å²) in [6, 6.07) is 8.81. The predicted octanol–water partition coefficient (Wildman–Crippen LogP) is 4.37. The third kappa shape index (κ3) is 3.74. The summed E-state index contributed by atoms with van der Waals surface area (Å²) in [7, 11) is 0. The smallest absolute Gasteiger partial charge is 0.0663 e. The van der Waals surface area contributed by atoms with Crippen molar-refractivity contribution < 1.29 is 0 Å². The van der Waals surface area contributed by atoms with Crippen LogP contribution in [-0.2, 0) is 6.54 Å². The number of rotatable bonds is 6. The number of hydrogen-bond donors (Lipinski definition) is 1. The van der Waals surface area contributed by atoms with Crippen LogP contribution in [0.5, 0.6) is 0 Å². The molecule has 0 spiro atoms. The van der Waals surface area contributed by atoms with Gasteiger partial charge in [-0.2, -0.15) is 5.10 Å². The van der Waals surface area contributed by atoms with E-state index in [0.29, 0.717) is 6.04 Å². The summed E-state index contributed by atoms with van der Waals surface area (Å²) in [5, 5.41) is 8.30.